The summed E-state index contributed by atoms with van der Waals surface area (Å²) in [5.41, 5.74) is 11.3. The average Bonchev–Trinajstić information content (AvgIpc) is 3.26. The molecule has 7 rings (SSSR count). The minimum Gasteiger partial charge on any atom is -0.355 e. The molecule has 0 aliphatic carbocycles. The number of aromatic amines is 1. The maximum Gasteiger partial charge on any atom is 0.0493 e. The van der Waals surface area contributed by atoms with E-state index in [1.807, 2.05) is 0 Å². The quantitative estimate of drug-likeness (QED) is 0.297. The average molecular weight is 423 g/mol. The van der Waals surface area contributed by atoms with E-state index in [4.69, 9.17) is 0 Å². The summed E-state index contributed by atoms with van der Waals surface area (Å²) in [7, 11) is 0. The van der Waals surface area contributed by atoms with E-state index in [9.17, 15) is 0 Å². The van der Waals surface area contributed by atoms with Gasteiger partial charge in [0, 0.05) is 45.3 Å². The molecule has 2 heterocycles. The third-order valence-corrected chi connectivity index (χ3v) is 6.83. The number of aromatic nitrogens is 1. The number of anilines is 2. The van der Waals surface area contributed by atoms with E-state index in [-0.39, 0.29) is 0 Å². The van der Waals surface area contributed by atoms with Gasteiger partial charge in [-0.15, -0.1) is 0 Å². The Morgan fingerprint density at radius 1 is 0.545 bits per heavy atom. The van der Waals surface area contributed by atoms with Crippen molar-refractivity contribution >= 4 is 33.2 Å². The maximum absolute atomic E-state index is 3.53. The van der Waals surface area contributed by atoms with Crippen molar-refractivity contribution in [1.82, 2.24) is 4.98 Å². The number of hydrogen-bond acceptors (Lipinski definition) is 1. The molecule has 1 N–H and O–H groups in total. The standard InChI is InChI=1S/C31H22N2/c1-2-8-24(9-3-1)33-20-23-15-14-21(18-27(23)26-11-5-7-13-31(26)33)22-16-17-30-28(19-22)25-10-4-6-12-29(25)32-30/h1-19,32H,20H2. The second-order valence-electron chi connectivity index (χ2n) is 8.74. The Labute approximate surface area is 192 Å². The Morgan fingerprint density at radius 3 is 2.21 bits per heavy atom. The molecule has 0 amide bonds. The van der Waals surface area contributed by atoms with E-state index in [0.717, 1.165) is 6.54 Å². The number of benzene rings is 5. The smallest absolute Gasteiger partial charge is 0.0493 e. The first-order valence-corrected chi connectivity index (χ1v) is 11.4. The topological polar surface area (TPSA) is 19.0 Å². The molecule has 33 heavy (non-hydrogen) atoms. The normalized spacial score (nSPS) is 12.7. The Balaban J connectivity index is 1.37. The van der Waals surface area contributed by atoms with E-state index in [1.54, 1.807) is 0 Å². The highest BCUT2D eigenvalue weighted by Gasteiger charge is 2.23. The molecule has 1 aromatic heterocycles. The minimum atomic E-state index is 0.873. The van der Waals surface area contributed by atoms with Crippen LogP contribution in [0.4, 0.5) is 11.4 Å². The van der Waals surface area contributed by atoms with Gasteiger partial charge in [-0.3, -0.25) is 0 Å². The van der Waals surface area contributed by atoms with Crippen LogP contribution in [0.25, 0.3) is 44.1 Å². The van der Waals surface area contributed by atoms with Crippen LogP contribution in [0.2, 0.25) is 0 Å². The van der Waals surface area contributed by atoms with Gasteiger partial charge in [0.2, 0.25) is 0 Å². The summed E-state index contributed by atoms with van der Waals surface area (Å²) in [6.07, 6.45) is 0. The van der Waals surface area contributed by atoms with Gasteiger partial charge in [0.05, 0.1) is 0 Å². The Kier molecular flexibility index (Phi) is 3.94. The summed E-state index contributed by atoms with van der Waals surface area (Å²) in [6, 6.07) is 41.6. The van der Waals surface area contributed by atoms with Crippen molar-refractivity contribution < 1.29 is 0 Å². The largest absolute Gasteiger partial charge is 0.355 e. The lowest BCUT2D eigenvalue weighted by molar-refractivity contribution is 0.961. The molecule has 0 saturated carbocycles. The predicted molar refractivity (Wildman–Crippen MR) is 139 cm³/mol. The number of nitrogens with zero attached hydrogens (tertiary/aromatic N) is 1. The molecule has 1 aliphatic rings. The van der Waals surface area contributed by atoms with Crippen molar-refractivity contribution in [2.45, 2.75) is 6.54 Å². The first-order valence-electron chi connectivity index (χ1n) is 11.4. The monoisotopic (exact) mass is 422 g/mol. The molecule has 156 valence electrons. The Morgan fingerprint density at radius 2 is 1.27 bits per heavy atom. The second-order valence-corrected chi connectivity index (χ2v) is 8.74. The Hall–Kier alpha value is -4.30. The van der Waals surface area contributed by atoms with Crippen molar-refractivity contribution in [3.63, 3.8) is 0 Å². The SMILES string of the molecule is c1ccc(N2Cc3ccc(-c4ccc5[nH]c6ccccc6c5c4)cc3-c3ccccc32)cc1. The van der Waals surface area contributed by atoms with Crippen molar-refractivity contribution in [2.75, 3.05) is 4.90 Å². The number of nitrogens with one attached hydrogen (secondary N) is 1. The fourth-order valence-electron chi connectivity index (χ4n) is 5.20. The minimum absolute atomic E-state index is 0.873. The molecule has 0 saturated heterocycles. The summed E-state index contributed by atoms with van der Waals surface area (Å²) < 4.78 is 0. The molecule has 6 aromatic rings. The lowest BCUT2D eigenvalue weighted by Crippen LogP contribution is -2.21. The molecule has 0 fully saturated rings. The van der Waals surface area contributed by atoms with Gasteiger partial charge in [-0.1, -0.05) is 72.8 Å². The number of H-pyrrole nitrogens is 1. The van der Waals surface area contributed by atoms with Crippen molar-refractivity contribution in [3.05, 3.63) is 121 Å². The number of para-hydroxylation sites is 3. The van der Waals surface area contributed by atoms with Gasteiger partial charge in [0.25, 0.3) is 0 Å². The summed E-state index contributed by atoms with van der Waals surface area (Å²) in [5.74, 6) is 0. The van der Waals surface area contributed by atoms with Gasteiger partial charge in [-0.2, -0.15) is 0 Å². The molecular formula is C31H22N2. The number of rotatable bonds is 2. The predicted octanol–water partition coefficient (Wildman–Crippen LogP) is 8.31. The lowest BCUT2D eigenvalue weighted by Gasteiger charge is -2.33. The number of fused-ring (bicyclic) bond motifs is 6. The summed E-state index contributed by atoms with van der Waals surface area (Å²) in [6.45, 7) is 0.873. The fourth-order valence-corrected chi connectivity index (χ4v) is 5.20. The summed E-state index contributed by atoms with van der Waals surface area (Å²) in [4.78, 5) is 5.95. The zero-order chi connectivity index (χ0) is 21.8. The van der Waals surface area contributed by atoms with Gasteiger partial charge in [-0.25, -0.2) is 0 Å². The molecule has 0 atom stereocenters. The molecule has 0 spiro atoms. The Bertz CT molecular complexity index is 1640. The highest BCUT2D eigenvalue weighted by atomic mass is 15.1. The van der Waals surface area contributed by atoms with Crippen LogP contribution in [0.3, 0.4) is 0 Å². The van der Waals surface area contributed by atoms with Crippen LogP contribution < -0.4 is 4.90 Å². The lowest BCUT2D eigenvalue weighted by atomic mass is 9.89. The van der Waals surface area contributed by atoms with Crippen LogP contribution in [-0.2, 0) is 6.54 Å². The van der Waals surface area contributed by atoms with Crippen LogP contribution in [0.1, 0.15) is 5.56 Å². The second kappa shape index (κ2) is 7.11. The van der Waals surface area contributed by atoms with Gasteiger partial charge in [-0.05, 0) is 64.7 Å². The van der Waals surface area contributed by atoms with E-state index >= 15 is 0 Å². The van der Waals surface area contributed by atoms with Crippen molar-refractivity contribution in [2.24, 2.45) is 0 Å². The molecule has 1 aliphatic heterocycles. The fraction of sp³-hybridized carbons (Fsp3) is 0.0323. The van der Waals surface area contributed by atoms with Crippen LogP contribution in [0.5, 0.6) is 0 Å². The molecule has 5 aromatic carbocycles. The zero-order valence-corrected chi connectivity index (χ0v) is 18.1. The molecule has 0 unspecified atom stereocenters. The van der Waals surface area contributed by atoms with Crippen LogP contribution in [-0.4, -0.2) is 4.98 Å². The highest BCUT2D eigenvalue weighted by molar-refractivity contribution is 6.08. The van der Waals surface area contributed by atoms with E-state index in [1.165, 1.54) is 61.0 Å². The van der Waals surface area contributed by atoms with E-state index in [0.29, 0.717) is 0 Å². The van der Waals surface area contributed by atoms with Crippen molar-refractivity contribution in [1.29, 1.82) is 0 Å². The van der Waals surface area contributed by atoms with Crippen LogP contribution in [0, 0.1) is 0 Å². The van der Waals surface area contributed by atoms with Crippen molar-refractivity contribution in [3.8, 4) is 22.3 Å². The third-order valence-electron chi connectivity index (χ3n) is 6.83. The molecular weight excluding hydrogens is 400 g/mol. The highest BCUT2D eigenvalue weighted by Crippen LogP contribution is 2.44. The maximum atomic E-state index is 3.53. The first kappa shape index (κ1) is 18.3. The third kappa shape index (κ3) is 2.88. The summed E-state index contributed by atoms with van der Waals surface area (Å²) in [5, 5.41) is 2.55. The summed E-state index contributed by atoms with van der Waals surface area (Å²) >= 11 is 0. The van der Waals surface area contributed by atoms with Gasteiger partial charge in [0.15, 0.2) is 0 Å². The molecule has 2 nitrogen and oxygen atoms in total. The van der Waals surface area contributed by atoms with Crippen LogP contribution >= 0.6 is 0 Å². The van der Waals surface area contributed by atoms with Gasteiger partial charge < -0.3 is 9.88 Å². The van der Waals surface area contributed by atoms with Crippen LogP contribution in [0.15, 0.2) is 115 Å². The van der Waals surface area contributed by atoms with Gasteiger partial charge in [0.1, 0.15) is 0 Å². The van der Waals surface area contributed by atoms with Gasteiger partial charge >= 0.3 is 0 Å². The van der Waals surface area contributed by atoms with E-state index in [2.05, 4.69) is 125 Å². The zero-order valence-electron chi connectivity index (χ0n) is 18.1. The number of hydrogen-bond donors (Lipinski definition) is 1. The first-order chi connectivity index (χ1) is 16.3. The molecule has 0 bridgehead atoms. The van der Waals surface area contributed by atoms with E-state index < -0.39 is 0 Å². The molecule has 0 radical (unpaired) electrons. The molecule has 2 heteroatoms.